The Morgan fingerprint density at radius 1 is 1.31 bits per heavy atom. The van der Waals surface area contributed by atoms with E-state index < -0.39 is 0 Å². The quantitative estimate of drug-likeness (QED) is 0.683. The molecule has 1 aromatic rings. The minimum atomic E-state index is -0.0392. The van der Waals surface area contributed by atoms with Crippen molar-refractivity contribution in [2.24, 2.45) is 0 Å². The molecule has 0 aliphatic rings. The van der Waals surface area contributed by atoms with E-state index in [1.54, 1.807) is 0 Å². The summed E-state index contributed by atoms with van der Waals surface area (Å²) in [6.07, 6.45) is 0. The first-order valence-corrected chi connectivity index (χ1v) is 5.46. The maximum Gasteiger partial charge on any atom is 0.238 e. The SMILES string of the molecule is CCOCCNCC(=O)Nc1ccccc1. The fraction of sp³-hybridized carbons (Fsp3) is 0.417. The van der Waals surface area contributed by atoms with Gasteiger partial charge in [-0.25, -0.2) is 0 Å². The van der Waals surface area contributed by atoms with Crippen LogP contribution in [0, 0.1) is 0 Å². The molecule has 0 aliphatic heterocycles. The molecule has 16 heavy (non-hydrogen) atoms. The summed E-state index contributed by atoms with van der Waals surface area (Å²) >= 11 is 0. The van der Waals surface area contributed by atoms with Gasteiger partial charge in [-0.05, 0) is 19.1 Å². The van der Waals surface area contributed by atoms with Crippen LogP contribution in [0.2, 0.25) is 0 Å². The zero-order valence-corrected chi connectivity index (χ0v) is 9.53. The van der Waals surface area contributed by atoms with Gasteiger partial charge in [-0.2, -0.15) is 0 Å². The maximum atomic E-state index is 11.4. The number of anilines is 1. The van der Waals surface area contributed by atoms with E-state index in [0.29, 0.717) is 26.3 Å². The molecule has 2 N–H and O–H groups in total. The molecule has 88 valence electrons. The molecule has 0 aliphatic carbocycles. The van der Waals surface area contributed by atoms with Gasteiger partial charge in [0.05, 0.1) is 13.2 Å². The Bertz CT molecular complexity index is 301. The monoisotopic (exact) mass is 222 g/mol. The van der Waals surface area contributed by atoms with Crippen molar-refractivity contribution in [2.45, 2.75) is 6.92 Å². The number of rotatable bonds is 7. The molecule has 0 heterocycles. The Morgan fingerprint density at radius 2 is 2.06 bits per heavy atom. The van der Waals surface area contributed by atoms with E-state index in [-0.39, 0.29) is 5.91 Å². The van der Waals surface area contributed by atoms with Gasteiger partial charge in [0, 0.05) is 18.8 Å². The van der Waals surface area contributed by atoms with Crippen molar-refractivity contribution < 1.29 is 9.53 Å². The second-order valence-electron chi connectivity index (χ2n) is 3.29. The van der Waals surface area contributed by atoms with Crippen LogP contribution < -0.4 is 10.6 Å². The van der Waals surface area contributed by atoms with Crippen molar-refractivity contribution in [3.05, 3.63) is 30.3 Å². The Morgan fingerprint density at radius 3 is 2.75 bits per heavy atom. The lowest BCUT2D eigenvalue weighted by atomic mass is 10.3. The third-order valence-electron chi connectivity index (χ3n) is 1.97. The first kappa shape index (κ1) is 12.7. The van der Waals surface area contributed by atoms with Crippen LogP contribution in [-0.4, -0.2) is 32.2 Å². The lowest BCUT2D eigenvalue weighted by Gasteiger charge is -2.06. The first-order valence-electron chi connectivity index (χ1n) is 5.46. The Kier molecular flexibility index (Phi) is 6.22. The largest absolute Gasteiger partial charge is 0.380 e. The fourth-order valence-corrected chi connectivity index (χ4v) is 1.22. The van der Waals surface area contributed by atoms with E-state index in [2.05, 4.69) is 10.6 Å². The number of nitrogens with one attached hydrogen (secondary N) is 2. The molecule has 0 fully saturated rings. The molecule has 1 aromatic carbocycles. The van der Waals surface area contributed by atoms with Crippen LogP contribution in [0.25, 0.3) is 0 Å². The van der Waals surface area contributed by atoms with Crippen LogP contribution in [0.4, 0.5) is 5.69 Å². The molecular formula is C12H18N2O2. The van der Waals surface area contributed by atoms with Crippen molar-refractivity contribution in [1.29, 1.82) is 0 Å². The molecule has 0 unspecified atom stereocenters. The molecule has 0 aromatic heterocycles. The van der Waals surface area contributed by atoms with Crippen LogP contribution in [0.3, 0.4) is 0 Å². The van der Waals surface area contributed by atoms with Gasteiger partial charge < -0.3 is 15.4 Å². The Balaban J connectivity index is 2.12. The van der Waals surface area contributed by atoms with Crippen LogP contribution in [-0.2, 0) is 9.53 Å². The highest BCUT2D eigenvalue weighted by Crippen LogP contribution is 2.03. The lowest BCUT2D eigenvalue weighted by Crippen LogP contribution is -2.30. The molecule has 0 atom stereocenters. The summed E-state index contributed by atoms with van der Waals surface area (Å²) in [7, 11) is 0. The number of amides is 1. The number of hydrogen-bond donors (Lipinski definition) is 2. The van der Waals surface area contributed by atoms with Crippen LogP contribution >= 0.6 is 0 Å². The zero-order chi connectivity index (χ0) is 11.6. The highest BCUT2D eigenvalue weighted by molar-refractivity contribution is 5.92. The van der Waals surface area contributed by atoms with E-state index in [1.165, 1.54) is 0 Å². The number of benzene rings is 1. The molecule has 1 rings (SSSR count). The predicted octanol–water partition coefficient (Wildman–Crippen LogP) is 1.25. The van der Waals surface area contributed by atoms with Gasteiger partial charge in [0.2, 0.25) is 5.91 Å². The van der Waals surface area contributed by atoms with Gasteiger partial charge in [-0.1, -0.05) is 18.2 Å². The van der Waals surface area contributed by atoms with Gasteiger partial charge in [-0.3, -0.25) is 4.79 Å². The summed E-state index contributed by atoms with van der Waals surface area (Å²) in [6.45, 7) is 4.28. The highest BCUT2D eigenvalue weighted by atomic mass is 16.5. The molecule has 4 nitrogen and oxygen atoms in total. The number of para-hydroxylation sites is 1. The highest BCUT2D eigenvalue weighted by Gasteiger charge is 2.00. The average molecular weight is 222 g/mol. The molecular weight excluding hydrogens is 204 g/mol. The van der Waals surface area contributed by atoms with Crippen molar-refractivity contribution in [1.82, 2.24) is 5.32 Å². The predicted molar refractivity (Wildman–Crippen MR) is 64.4 cm³/mol. The van der Waals surface area contributed by atoms with E-state index in [9.17, 15) is 4.79 Å². The minimum absolute atomic E-state index is 0.0392. The number of hydrogen-bond acceptors (Lipinski definition) is 3. The third kappa shape index (κ3) is 5.48. The summed E-state index contributed by atoms with van der Waals surface area (Å²) in [5.74, 6) is -0.0392. The fourth-order valence-electron chi connectivity index (χ4n) is 1.22. The first-order chi connectivity index (χ1) is 7.83. The standard InChI is InChI=1S/C12H18N2O2/c1-2-16-9-8-13-10-12(15)14-11-6-4-3-5-7-11/h3-7,13H,2,8-10H2,1H3,(H,14,15). The molecule has 0 bridgehead atoms. The Hall–Kier alpha value is -1.39. The lowest BCUT2D eigenvalue weighted by molar-refractivity contribution is -0.115. The van der Waals surface area contributed by atoms with Gasteiger partial charge in [0.15, 0.2) is 0 Å². The second kappa shape index (κ2) is 7.84. The van der Waals surface area contributed by atoms with Crippen molar-refractivity contribution >= 4 is 11.6 Å². The smallest absolute Gasteiger partial charge is 0.238 e. The molecule has 0 saturated carbocycles. The van der Waals surface area contributed by atoms with Crippen LogP contribution in [0.5, 0.6) is 0 Å². The molecule has 0 spiro atoms. The summed E-state index contributed by atoms with van der Waals surface area (Å²) in [4.78, 5) is 11.4. The van der Waals surface area contributed by atoms with Crippen molar-refractivity contribution in [3.63, 3.8) is 0 Å². The van der Waals surface area contributed by atoms with Gasteiger partial charge in [0.1, 0.15) is 0 Å². The second-order valence-corrected chi connectivity index (χ2v) is 3.29. The topological polar surface area (TPSA) is 50.4 Å². The zero-order valence-electron chi connectivity index (χ0n) is 9.53. The third-order valence-corrected chi connectivity index (χ3v) is 1.97. The average Bonchev–Trinajstić information content (AvgIpc) is 2.30. The molecule has 0 saturated heterocycles. The molecule has 1 amide bonds. The van der Waals surface area contributed by atoms with Gasteiger partial charge in [0.25, 0.3) is 0 Å². The number of carbonyl (C=O) groups excluding carboxylic acids is 1. The van der Waals surface area contributed by atoms with Crippen LogP contribution in [0.1, 0.15) is 6.92 Å². The molecule has 0 radical (unpaired) electrons. The van der Waals surface area contributed by atoms with Crippen molar-refractivity contribution in [3.8, 4) is 0 Å². The van der Waals surface area contributed by atoms with Gasteiger partial charge >= 0.3 is 0 Å². The molecule has 4 heteroatoms. The minimum Gasteiger partial charge on any atom is -0.380 e. The summed E-state index contributed by atoms with van der Waals surface area (Å²) in [5, 5.41) is 5.79. The van der Waals surface area contributed by atoms with E-state index in [0.717, 1.165) is 5.69 Å². The number of ether oxygens (including phenoxy) is 1. The summed E-state index contributed by atoms with van der Waals surface area (Å²) < 4.78 is 5.14. The van der Waals surface area contributed by atoms with E-state index in [4.69, 9.17) is 4.74 Å². The number of carbonyl (C=O) groups is 1. The van der Waals surface area contributed by atoms with E-state index in [1.807, 2.05) is 37.3 Å². The summed E-state index contributed by atoms with van der Waals surface area (Å²) in [5.41, 5.74) is 0.819. The van der Waals surface area contributed by atoms with Crippen molar-refractivity contribution in [2.75, 3.05) is 31.6 Å². The Labute approximate surface area is 96.0 Å². The van der Waals surface area contributed by atoms with E-state index >= 15 is 0 Å². The normalized spacial score (nSPS) is 10.1. The summed E-state index contributed by atoms with van der Waals surface area (Å²) in [6, 6.07) is 9.41. The van der Waals surface area contributed by atoms with Gasteiger partial charge in [-0.15, -0.1) is 0 Å². The maximum absolute atomic E-state index is 11.4. The van der Waals surface area contributed by atoms with Crippen LogP contribution in [0.15, 0.2) is 30.3 Å².